The van der Waals surface area contributed by atoms with Crippen LogP contribution in [0.2, 0.25) is 5.02 Å². The highest BCUT2D eigenvalue weighted by molar-refractivity contribution is 6.31. The van der Waals surface area contributed by atoms with Crippen molar-refractivity contribution in [1.29, 1.82) is 0 Å². The van der Waals surface area contributed by atoms with E-state index in [1.807, 2.05) is 30.3 Å². The van der Waals surface area contributed by atoms with Crippen LogP contribution >= 0.6 is 11.6 Å². The zero-order chi connectivity index (χ0) is 30.0. The monoisotopic (exact) mass is 584 g/mol. The van der Waals surface area contributed by atoms with Gasteiger partial charge in [0.05, 0.1) is 12.7 Å². The lowest BCUT2D eigenvalue weighted by Crippen LogP contribution is -2.36. The van der Waals surface area contributed by atoms with E-state index in [0.717, 1.165) is 10.2 Å². The number of aromatic nitrogens is 3. The predicted octanol–water partition coefficient (Wildman–Crippen LogP) is 5.38. The molecule has 5 aromatic rings. The number of carboxylic acids is 1. The van der Waals surface area contributed by atoms with Crippen LogP contribution in [0.1, 0.15) is 39.4 Å². The number of aromatic amines is 1. The Bertz CT molecular complexity index is 1900. The maximum atomic E-state index is 13.7. The zero-order valence-corrected chi connectivity index (χ0v) is 23.3. The largest absolute Gasteiger partial charge is 0.480 e. The summed E-state index contributed by atoms with van der Waals surface area (Å²) in [6, 6.07) is 20.4. The van der Waals surface area contributed by atoms with Crippen molar-refractivity contribution in [3.8, 4) is 17.0 Å². The summed E-state index contributed by atoms with van der Waals surface area (Å²) in [5.74, 6) is -1.83. The summed E-state index contributed by atoms with van der Waals surface area (Å²) in [6.45, 7) is 1.40. The molecule has 42 heavy (non-hydrogen) atoms. The van der Waals surface area contributed by atoms with Gasteiger partial charge in [-0.3, -0.25) is 14.4 Å². The molecule has 0 saturated heterocycles. The minimum atomic E-state index is -1.10. The van der Waals surface area contributed by atoms with Gasteiger partial charge in [0.15, 0.2) is 5.78 Å². The molecule has 0 radical (unpaired) electrons. The van der Waals surface area contributed by atoms with E-state index >= 15 is 0 Å². The molecule has 0 bridgehead atoms. The Balaban J connectivity index is 1.57. The maximum Gasteiger partial charge on any atom is 0.352 e. The van der Waals surface area contributed by atoms with E-state index in [9.17, 15) is 24.3 Å². The molecule has 0 aliphatic carbocycles. The van der Waals surface area contributed by atoms with Gasteiger partial charge in [0.2, 0.25) is 11.8 Å². The first-order chi connectivity index (χ1) is 20.1. The number of benzene rings is 3. The second-order valence-corrected chi connectivity index (χ2v) is 10.0. The second-order valence-electron chi connectivity index (χ2n) is 9.58. The molecular formula is C31H25ClN4O6. The number of nitrogens with zero attached hydrogens (tertiary/aromatic N) is 2. The first-order valence-corrected chi connectivity index (χ1v) is 13.2. The first-order valence-electron chi connectivity index (χ1n) is 12.8. The Labute approximate surface area is 244 Å². The van der Waals surface area contributed by atoms with Gasteiger partial charge >= 0.3 is 5.97 Å². The number of nitrogens with one attached hydrogen (secondary N) is 2. The molecule has 0 aliphatic heterocycles. The van der Waals surface area contributed by atoms with E-state index in [1.165, 1.54) is 26.2 Å². The summed E-state index contributed by atoms with van der Waals surface area (Å²) in [4.78, 5) is 53.8. The van der Waals surface area contributed by atoms with Crippen LogP contribution in [0.3, 0.4) is 0 Å². The summed E-state index contributed by atoms with van der Waals surface area (Å²) in [5, 5.41) is 17.5. The number of carboxylic acid groups (broad SMARTS) is 1. The minimum Gasteiger partial charge on any atom is -0.480 e. The van der Waals surface area contributed by atoms with E-state index in [0.29, 0.717) is 32.7 Å². The quantitative estimate of drug-likeness (QED) is 0.197. The number of hydrogen-bond donors (Lipinski definition) is 3. The molecule has 0 fully saturated rings. The van der Waals surface area contributed by atoms with Crippen LogP contribution in [0.4, 0.5) is 5.69 Å². The van der Waals surface area contributed by atoms with E-state index in [-0.39, 0.29) is 29.3 Å². The Morgan fingerprint density at radius 1 is 1.02 bits per heavy atom. The number of halogens is 1. The summed E-state index contributed by atoms with van der Waals surface area (Å²) >= 11 is 6.21. The third-order valence-corrected chi connectivity index (χ3v) is 6.99. The Hall–Kier alpha value is -5.22. The van der Waals surface area contributed by atoms with Crippen LogP contribution in [-0.2, 0) is 11.2 Å². The van der Waals surface area contributed by atoms with Crippen molar-refractivity contribution in [1.82, 2.24) is 14.8 Å². The third kappa shape index (κ3) is 5.79. The summed E-state index contributed by atoms with van der Waals surface area (Å²) < 4.78 is 6.59. The van der Waals surface area contributed by atoms with Crippen molar-refractivity contribution in [3.63, 3.8) is 0 Å². The molecule has 3 aromatic carbocycles. The summed E-state index contributed by atoms with van der Waals surface area (Å²) in [6.07, 6.45) is 0.132. The molecule has 3 N–H and O–H groups in total. The fourth-order valence-electron chi connectivity index (χ4n) is 4.74. The third-order valence-electron chi connectivity index (χ3n) is 6.76. The number of anilines is 1. The lowest BCUT2D eigenvalue weighted by atomic mass is 9.98. The standard InChI is InChI=1S/C31H25ClN4O6/c1-17(37)22-10-8-20(32)15-23(22)24-16-28(38)36(35-30(24)42-2)27(12-18-6-4-3-5-7-18)29(39)33-21-9-11-25-19(13-21)14-26(34-25)31(40)41/h3-11,13-16,27,34H,12H2,1-2H3,(H,33,39)(H,40,41)/t27-/m0/s1. The van der Waals surface area contributed by atoms with Crippen LogP contribution in [-0.4, -0.2) is 44.6 Å². The molecule has 212 valence electrons. The molecule has 10 nitrogen and oxygen atoms in total. The SMILES string of the molecule is COc1nn([C@@H](Cc2ccccc2)C(=O)Nc2ccc3[nH]c(C(=O)O)cc3c2)c(=O)cc1-c1cc(Cl)ccc1C(C)=O. The molecule has 1 amide bonds. The van der Waals surface area contributed by atoms with Gasteiger partial charge in [-0.1, -0.05) is 41.9 Å². The highest BCUT2D eigenvalue weighted by atomic mass is 35.5. The number of Topliss-reactive ketones (excluding diaryl/α,β-unsaturated/α-hetero) is 1. The van der Waals surface area contributed by atoms with Gasteiger partial charge < -0.3 is 20.1 Å². The molecule has 0 spiro atoms. The minimum absolute atomic E-state index is 0.0194. The Morgan fingerprint density at radius 3 is 2.48 bits per heavy atom. The number of rotatable bonds is 9. The number of aromatic carboxylic acids is 1. The van der Waals surface area contributed by atoms with Gasteiger partial charge in [-0.2, -0.15) is 0 Å². The van der Waals surface area contributed by atoms with E-state index < -0.39 is 23.5 Å². The number of methoxy groups -OCH3 is 1. The first kappa shape index (κ1) is 28.3. The highest BCUT2D eigenvalue weighted by Gasteiger charge is 2.26. The number of hydrogen-bond acceptors (Lipinski definition) is 6. The average molecular weight is 585 g/mol. The topological polar surface area (TPSA) is 143 Å². The predicted molar refractivity (Wildman–Crippen MR) is 159 cm³/mol. The van der Waals surface area contributed by atoms with Crippen molar-refractivity contribution in [2.24, 2.45) is 0 Å². The lowest BCUT2D eigenvalue weighted by molar-refractivity contribution is -0.119. The number of carbonyl (C=O) groups is 3. The lowest BCUT2D eigenvalue weighted by Gasteiger charge is -2.20. The van der Waals surface area contributed by atoms with Gasteiger partial charge in [0, 0.05) is 39.7 Å². The van der Waals surface area contributed by atoms with Gasteiger partial charge in [-0.05, 0) is 60.5 Å². The summed E-state index contributed by atoms with van der Waals surface area (Å²) in [7, 11) is 1.38. The van der Waals surface area contributed by atoms with Gasteiger partial charge in [-0.25, -0.2) is 9.48 Å². The van der Waals surface area contributed by atoms with Crippen LogP contribution in [0.15, 0.2) is 83.7 Å². The fraction of sp³-hybridized carbons (Fsp3) is 0.129. The van der Waals surface area contributed by atoms with Crippen molar-refractivity contribution in [2.75, 3.05) is 12.4 Å². The van der Waals surface area contributed by atoms with E-state index in [1.54, 1.807) is 36.4 Å². The number of H-pyrrole nitrogens is 1. The summed E-state index contributed by atoms with van der Waals surface area (Å²) in [5.41, 5.74) is 2.19. The van der Waals surface area contributed by atoms with Crippen molar-refractivity contribution in [3.05, 3.63) is 111 Å². The average Bonchev–Trinajstić information content (AvgIpc) is 3.40. The second kappa shape index (κ2) is 11.7. The molecule has 1 atom stereocenters. The number of amides is 1. The molecule has 0 unspecified atom stereocenters. The van der Waals surface area contributed by atoms with Crippen molar-refractivity contribution < 1.29 is 24.2 Å². The number of carbonyl (C=O) groups excluding carboxylic acids is 2. The van der Waals surface area contributed by atoms with E-state index in [2.05, 4.69) is 15.4 Å². The number of ketones is 1. The maximum absolute atomic E-state index is 13.7. The fourth-order valence-corrected chi connectivity index (χ4v) is 4.92. The molecule has 5 rings (SSSR count). The molecule has 2 aromatic heterocycles. The number of ether oxygens (including phenoxy) is 1. The van der Waals surface area contributed by atoms with Crippen molar-refractivity contribution >= 4 is 45.9 Å². The van der Waals surface area contributed by atoms with Crippen LogP contribution in [0, 0.1) is 0 Å². The van der Waals surface area contributed by atoms with Crippen molar-refractivity contribution in [2.45, 2.75) is 19.4 Å². The Morgan fingerprint density at radius 2 is 1.79 bits per heavy atom. The van der Waals surface area contributed by atoms with Gasteiger partial charge in [0.1, 0.15) is 11.7 Å². The smallest absolute Gasteiger partial charge is 0.352 e. The molecule has 11 heteroatoms. The van der Waals surface area contributed by atoms with Crippen LogP contribution < -0.4 is 15.6 Å². The van der Waals surface area contributed by atoms with Crippen LogP contribution in [0.25, 0.3) is 22.0 Å². The van der Waals surface area contributed by atoms with Crippen LogP contribution in [0.5, 0.6) is 5.88 Å². The molecular weight excluding hydrogens is 560 g/mol. The van der Waals surface area contributed by atoms with Gasteiger partial charge in [0.25, 0.3) is 5.56 Å². The molecule has 0 aliphatic rings. The Kier molecular flexibility index (Phi) is 7.90. The molecule has 0 saturated carbocycles. The highest BCUT2D eigenvalue weighted by Crippen LogP contribution is 2.33. The number of fused-ring (bicyclic) bond motifs is 1. The van der Waals surface area contributed by atoms with E-state index in [4.69, 9.17) is 16.3 Å². The molecule has 2 heterocycles. The normalized spacial score (nSPS) is 11.7. The zero-order valence-electron chi connectivity index (χ0n) is 22.6. The van der Waals surface area contributed by atoms with Gasteiger partial charge in [-0.15, -0.1) is 5.10 Å².